The van der Waals surface area contributed by atoms with Crippen LogP contribution in [0.4, 0.5) is 0 Å². The number of ether oxygens (including phenoxy) is 1. The average Bonchev–Trinajstić information content (AvgIpc) is 3.39. The third-order valence-electron chi connectivity index (χ3n) is 6.64. The molecule has 1 aromatic heterocycles. The van der Waals surface area contributed by atoms with Crippen molar-refractivity contribution in [2.24, 2.45) is 11.8 Å². The molecule has 2 bridgehead atoms. The molecule has 28 heavy (non-hydrogen) atoms. The highest BCUT2D eigenvalue weighted by Crippen LogP contribution is 2.51. The van der Waals surface area contributed by atoms with Crippen molar-refractivity contribution < 1.29 is 14.3 Å². The molecule has 6 heteroatoms. The number of nitrogens with zero attached hydrogens (tertiary/aromatic N) is 1. The lowest BCUT2D eigenvalue weighted by Gasteiger charge is -2.23. The molecule has 2 amide bonds. The SMILES string of the molecule is CCc1[nH]c2ccc(CNC(=O)[C@H]3[C@@H]4C=C[C@@]5(CN(C)C(=O)[C@@H]35)O4)cc2c1C. The van der Waals surface area contributed by atoms with Gasteiger partial charge in [-0.3, -0.25) is 9.59 Å². The number of aromatic amines is 1. The Bertz CT molecular complexity index is 1020. The molecule has 4 heterocycles. The van der Waals surface area contributed by atoms with Crippen molar-refractivity contribution in [1.82, 2.24) is 15.2 Å². The van der Waals surface area contributed by atoms with E-state index in [1.807, 2.05) is 18.2 Å². The second kappa shape index (κ2) is 5.95. The highest BCUT2D eigenvalue weighted by atomic mass is 16.5. The number of aromatic nitrogens is 1. The van der Waals surface area contributed by atoms with E-state index in [0.29, 0.717) is 13.1 Å². The van der Waals surface area contributed by atoms with Crippen LogP contribution in [0.5, 0.6) is 0 Å². The van der Waals surface area contributed by atoms with Gasteiger partial charge in [0, 0.05) is 30.2 Å². The molecule has 0 radical (unpaired) electrons. The van der Waals surface area contributed by atoms with Crippen LogP contribution in [-0.2, 0) is 27.3 Å². The Kier molecular flexibility index (Phi) is 3.72. The first-order chi connectivity index (χ1) is 13.4. The van der Waals surface area contributed by atoms with Crippen LogP contribution in [0, 0.1) is 18.8 Å². The minimum atomic E-state index is -0.615. The van der Waals surface area contributed by atoms with Crippen LogP contribution in [-0.4, -0.2) is 47.0 Å². The molecule has 6 nitrogen and oxygen atoms in total. The molecular formula is C22H25N3O3. The van der Waals surface area contributed by atoms with Crippen molar-refractivity contribution in [1.29, 1.82) is 0 Å². The fraction of sp³-hybridized carbons (Fsp3) is 0.455. The van der Waals surface area contributed by atoms with Crippen LogP contribution in [0.1, 0.15) is 23.7 Å². The second-order valence-corrected chi connectivity index (χ2v) is 8.27. The van der Waals surface area contributed by atoms with Gasteiger partial charge < -0.3 is 19.9 Å². The summed E-state index contributed by atoms with van der Waals surface area (Å²) in [7, 11) is 1.77. The first-order valence-electron chi connectivity index (χ1n) is 9.93. The van der Waals surface area contributed by atoms with Crippen LogP contribution >= 0.6 is 0 Å². The molecule has 2 aromatic rings. The third kappa shape index (κ3) is 2.30. The zero-order valence-corrected chi connectivity index (χ0v) is 16.4. The van der Waals surface area contributed by atoms with E-state index < -0.39 is 17.4 Å². The maximum atomic E-state index is 13.0. The van der Waals surface area contributed by atoms with Gasteiger partial charge in [-0.1, -0.05) is 25.1 Å². The Labute approximate surface area is 163 Å². The number of nitrogens with one attached hydrogen (secondary N) is 2. The molecule has 0 unspecified atom stereocenters. The summed E-state index contributed by atoms with van der Waals surface area (Å²) in [6.07, 6.45) is 4.58. The lowest BCUT2D eigenvalue weighted by molar-refractivity contribution is -0.136. The number of benzene rings is 1. The average molecular weight is 379 g/mol. The van der Waals surface area contributed by atoms with Crippen LogP contribution in [0.15, 0.2) is 30.4 Å². The minimum absolute atomic E-state index is 0.00321. The molecule has 2 fully saturated rings. The Morgan fingerprint density at radius 1 is 1.43 bits per heavy atom. The van der Waals surface area contributed by atoms with E-state index in [1.54, 1.807) is 11.9 Å². The van der Waals surface area contributed by atoms with E-state index >= 15 is 0 Å². The van der Waals surface area contributed by atoms with Gasteiger partial charge in [0.05, 0.1) is 24.5 Å². The fourth-order valence-electron chi connectivity index (χ4n) is 5.19. The lowest BCUT2D eigenvalue weighted by atomic mass is 9.77. The zero-order chi connectivity index (χ0) is 19.6. The summed E-state index contributed by atoms with van der Waals surface area (Å²) in [5, 5.41) is 4.24. The first-order valence-corrected chi connectivity index (χ1v) is 9.93. The van der Waals surface area contributed by atoms with Gasteiger partial charge in [0.2, 0.25) is 11.8 Å². The second-order valence-electron chi connectivity index (χ2n) is 8.27. The van der Waals surface area contributed by atoms with Gasteiger partial charge in [-0.05, 0) is 36.6 Å². The monoisotopic (exact) mass is 379 g/mol. The van der Waals surface area contributed by atoms with Crippen molar-refractivity contribution >= 4 is 22.7 Å². The molecule has 1 aromatic carbocycles. The number of aryl methyl sites for hydroxylation is 2. The van der Waals surface area contributed by atoms with Crippen LogP contribution in [0.2, 0.25) is 0 Å². The molecule has 2 saturated heterocycles. The van der Waals surface area contributed by atoms with Crippen molar-refractivity contribution in [3.05, 3.63) is 47.2 Å². The van der Waals surface area contributed by atoms with Gasteiger partial charge in [0.1, 0.15) is 5.60 Å². The topological polar surface area (TPSA) is 74.4 Å². The Balaban J connectivity index is 1.34. The maximum absolute atomic E-state index is 13.0. The normalized spacial score (nSPS) is 30.5. The predicted octanol–water partition coefficient (Wildman–Crippen LogP) is 2.07. The standard InChI is InChI=1S/C22H25N3O3/c1-4-15-12(2)14-9-13(5-6-16(14)24-15)10-23-20(26)18-17-7-8-22(28-17)11-25(3)21(27)19(18)22/h5-9,17-19,24H,4,10-11H2,1-3H3,(H,23,26)/t17-,18-,19+,22-/m0/s1. The Morgan fingerprint density at radius 3 is 3.04 bits per heavy atom. The highest BCUT2D eigenvalue weighted by molar-refractivity contribution is 5.93. The van der Waals surface area contributed by atoms with E-state index in [1.165, 1.54) is 16.6 Å². The fourth-order valence-corrected chi connectivity index (χ4v) is 5.19. The number of likely N-dealkylation sites (N-methyl/N-ethyl adjacent to an activating group) is 1. The van der Waals surface area contributed by atoms with Gasteiger partial charge in [-0.25, -0.2) is 0 Å². The molecule has 5 rings (SSSR count). The van der Waals surface area contributed by atoms with E-state index in [4.69, 9.17) is 4.74 Å². The summed E-state index contributed by atoms with van der Waals surface area (Å²) < 4.78 is 6.06. The van der Waals surface area contributed by atoms with Crippen molar-refractivity contribution in [2.75, 3.05) is 13.6 Å². The summed E-state index contributed by atoms with van der Waals surface area (Å²) in [4.78, 5) is 30.7. The van der Waals surface area contributed by atoms with E-state index in [2.05, 4.69) is 36.3 Å². The number of amides is 2. The smallest absolute Gasteiger partial charge is 0.229 e. The van der Waals surface area contributed by atoms with Gasteiger partial charge >= 0.3 is 0 Å². The van der Waals surface area contributed by atoms with Crippen LogP contribution in [0.25, 0.3) is 10.9 Å². The van der Waals surface area contributed by atoms with Gasteiger partial charge in [-0.2, -0.15) is 0 Å². The van der Waals surface area contributed by atoms with Crippen molar-refractivity contribution in [3.63, 3.8) is 0 Å². The Hall–Kier alpha value is -2.60. The van der Waals surface area contributed by atoms with Crippen LogP contribution in [0.3, 0.4) is 0 Å². The van der Waals surface area contributed by atoms with Gasteiger partial charge in [0.15, 0.2) is 0 Å². The molecule has 3 aliphatic rings. The molecular weight excluding hydrogens is 354 g/mol. The summed E-state index contributed by atoms with van der Waals surface area (Å²) in [5.74, 6) is -0.964. The lowest BCUT2D eigenvalue weighted by Crippen LogP contribution is -2.43. The van der Waals surface area contributed by atoms with Crippen molar-refractivity contribution in [2.45, 2.75) is 38.5 Å². The molecule has 3 aliphatic heterocycles. The largest absolute Gasteiger partial charge is 0.360 e. The van der Waals surface area contributed by atoms with Gasteiger partial charge in [0.25, 0.3) is 0 Å². The summed E-state index contributed by atoms with van der Waals surface area (Å²) in [5.41, 5.74) is 4.07. The third-order valence-corrected chi connectivity index (χ3v) is 6.64. The maximum Gasteiger partial charge on any atom is 0.229 e. The number of carbonyl (C=O) groups is 2. The number of fused-ring (bicyclic) bond motifs is 2. The molecule has 1 spiro atoms. The Morgan fingerprint density at radius 2 is 2.25 bits per heavy atom. The zero-order valence-electron chi connectivity index (χ0n) is 16.4. The minimum Gasteiger partial charge on any atom is -0.360 e. The number of likely N-dealkylation sites (tertiary alicyclic amines) is 1. The van der Waals surface area contributed by atoms with E-state index in [9.17, 15) is 9.59 Å². The number of H-pyrrole nitrogens is 1. The summed E-state index contributed by atoms with van der Waals surface area (Å²) in [6.45, 7) is 5.23. The molecule has 4 atom stereocenters. The first kappa shape index (κ1) is 17.5. The van der Waals surface area contributed by atoms with E-state index in [-0.39, 0.29) is 17.9 Å². The highest BCUT2D eigenvalue weighted by Gasteiger charge is 2.66. The molecule has 2 N–H and O–H groups in total. The summed E-state index contributed by atoms with van der Waals surface area (Å²) >= 11 is 0. The number of rotatable bonds is 4. The molecule has 146 valence electrons. The van der Waals surface area contributed by atoms with Crippen molar-refractivity contribution in [3.8, 4) is 0 Å². The quantitative estimate of drug-likeness (QED) is 0.799. The predicted molar refractivity (Wildman–Crippen MR) is 106 cm³/mol. The number of hydrogen-bond donors (Lipinski definition) is 2. The molecule has 0 aliphatic carbocycles. The number of hydrogen-bond acceptors (Lipinski definition) is 3. The van der Waals surface area contributed by atoms with Crippen LogP contribution < -0.4 is 5.32 Å². The summed E-state index contributed by atoms with van der Waals surface area (Å²) in [6, 6.07) is 6.23. The van der Waals surface area contributed by atoms with E-state index in [0.717, 1.165) is 17.5 Å². The number of carbonyl (C=O) groups excluding carboxylic acids is 2. The molecule has 0 saturated carbocycles. The van der Waals surface area contributed by atoms with Gasteiger partial charge in [-0.15, -0.1) is 0 Å².